The Morgan fingerprint density at radius 1 is 0.879 bits per heavy atom. The maximum absolute atomic E-state index is 12.9. The number of carbonyl (C=O) groups excluding carboxylic acids is 3. The highest BCUT2D eigenvalue weighted by atomic mass is 16.3. The van der Waals surface area contributed by atoms with Crippen molar-refractivity contribution in [2.24, 2.45) is 5.92 Å². The van der Waals surface area contributed by atoms with E-state index in [1.54, 1.807) is 54.6 Å². The fraction of sp³-hybridized carbons (Fsp3) is 0.120. The fourth-order valence-corrected chi connectivity index (χ4v) is 3.46. The van der Waals surface area contributed by atoms with Gasteiger partial charge in [0.1, 0.15) is 5.69 Å². The number of nitrogens with one attached hydrogen (secondary N) is 3. The molecule has 3 amide bonds. The van der Waals surface area contributed by atoms with E-state index in [1.807, 2.05) is 12.1 Å². The number of rotatable bonds is 5. The maximum atomic E-state index is 12.9. The van der Waals surface area contributed by atoms with E-state index in [1.165, 1.54) is 6.26 Å². The van der Waals surface area contributed by atoms with E-state index >= 15 is 0 Å². The van der Waals surface area contributed by atoms with Crippen LogP contribution >= 0.6 is 0 Å². The first-order valence-electron chi connectivity index (χ1n) is 10.5. The molecule has 2 aromatic carbocycles. The summed E-state index contributed by atoms with van der Waals surface area (Å²) in [5.41, 5.74) is 7.37. The molecule has 0 unspecified atom stereocenters. The van der Waals surface area contributed by atoms with Crippen LogP contribution in [0, 0.1) is 5.92 Å². The van der Waals surface area contributed by atoms with Crippen LogP contribution in [0.25, 0.3) is 22.4 Å². The van der Waals surface area contributed by atoms with E-state index in [2.05, 4.69) is 21.2 Å². The summed E-state index contributed by atoms with van der Waals surface area (Å²) in [5.74, 6) is -0.331. The SMILES string of the molecule is O=C(NNC(=O)c1cc(-c2ccco2)nc2ccccc12)c1ccc(NC(=O)C2CC2)cc1. The molecule has 1 aliphatic rings. The van der Waals surface area contributed by atoms with Gasteiger partial charge in [0, 0.05) is 22.6 Å². The van der Waals surface area contributed by atoms with E-state index in [0.29, 0.717) is 39.2 Å². The van der Waals surface area contributed by atoms with E-state index in [9.17, 15) is 14.4 Å². The van der Waals surface area contributed by atoms with Gasteiger partial charge in [0.2, 0.25) is 5.91 Å². The van der Waals surface area contributed by atoms with Gasteiger partial charge in [-0.1, -0.05) is 18.2 Å². The van der Waals surface area contributed by atoms with E-state index in [0.717, 1.165) is 12.8 Å². The van der Waals surface area contributed by atoms with Crippen molar-refractivity contribution in [1.29, 1.82) is 0 Å². The predicted octanol–water partition coefficient (Wildman–Crippen LogP) is 3.92. The van der Waals surface area contributed by atoms with Gasteiger partial charge in [-0.2, -0.15) is 0 Å². The molecule has 1 fully saturated rings. The number of amides is 3. The third-order valence-electron chi connectivity index (χ3n) is 5.39. The minimum Gasteiger partial charge on any atom is -0.463 e. The zero-order valence-electron chi connectivity index (χ0n) is 17.5. The van der Waals surface area contributed by atoms with Gasteiger partial charge in [0.25, 0.3) is 11.8 Å². The van der Waals surface area contributed by atoms with Crippen molar-refractivity contribution < 1.29 is 18.8 Å². The molecule has 1 saturated carbocycles. The molecule has 2 heterocycles. The lowest BCUT2D eigenvalue weighted by Crippen LogP contribution is -2.41. The highest BCUT2D eigenvalue weighted by Crippen LogP contribution is 2.30. The van der Waals surface area contributed by atoms with Crippen molar-refractivity contribution in [3.8, 4) is 11.5 Å². The van der Waals surface area contributed by atoms with Crippen LogP contribution in [-0.2, 0) is 4.79 Å². The number of carbonyl (C=O) groups is 3. The molecule has 33 heavy (non-hydrogen) atoms. The Kier molecular flexibility index (Phi) is 5.32. The lowest BCUT2D eigenvalue weighted by molar-refractivity contribution is -0.117. The topological polar surface area (TPSA) is 113 Å². The molecular weight excluding hydrogens is 420 g/mol. The lowest BCUT2D eigenvalue weighted by Gasteiger charge is -2.11. The van der Waals surface area contributed by atoms with Crippen LogP contribution in [0.3, 0.4) is 0 Å². The minimum atomic E-state index is -0.483. The molecule has 8 nitrogen and oxygen atoms in total. The Balaban J connectivity index is 1.29. The number of nitrogens with zero attached hydrogens (tertiary/aromatic N) is 1. The normalized spacial score (nSPS) is 12.8. The molecule has 8 heteroatoms. The van der Waals surface area contributed by atoms with Crippen LogP contribution in [0.15, 0.2) is 77.4 Å². The van der Waals surface area contributed by atoms with Gasteiger partial charge in [0.05, 0.1) is 17.3 Å². The number of hydrogen-bond acceptors (Lipinski definition) is 5. The van der Waals surface area contributed by atoms with Gasteiger partial charge in [0.15, 0.2) is 5.76 Å². The van der Waals surface area contributed by atoms with Crippen molar-refractivity contribution >= 4 is 34.3 Å². The zero-order valence-corrected chi connectivity index (χ0v) is 17.5. The minimum absolute atomic E-state index is 0.00189. The molecule has 0 atom stereocenters. The van der Waals surface area contributed by atoms with Gasteiger partial charge >= 0.3 is 0 Å². The fourth-order valence-electron chi connectivity index (χ4n) is 3.46. The molecule has 4 aromatic rings. The van der Waals surface area contributed by atoms with Crippen LogP contribution in [0.1, 0.15) is 33.6 Å². The maximum Gasteiger partial charge on any atom is 0.270 e. The second-order valence-electron chi connectivity index (χ2n) is 7.80. The third kappa shape index (κ3) is 4.45. The summed E-state index contributed by atoms with van der Waals surface area (Å²) in [4.78, 5) is 41.8. The Morgan fingerprint density at radius 2 is 1.64 bits per heavy atom. The van der Waals surface area contributed by atoms with Gasteiger partial charge in [-0.25, -0.2) is 4.98 Å². The largest absolute Gasteiger partial charge is 0.463 e. The quantitative estimate of drug-likeness (QED) is 0.407. The molecule has 2 aromatic heterocycles. The van der Waals surface area contributed by atoms with Gasteiger partial charge in [-0.3, -0.25) is 25.2 Å². The van der Waals surface area contributed by atoms with E-state index in [-0.39, 0.29) is 11.8 Å². The highest BCUT2D eigenvalue weighted by molar-refractivity contribution is 6.08. The number of furan rings is 1. The van der Waals surface area contributed by atoms with Gasteiger partial charge in [-0.05, 0) is 61.4 Å². The molecule has 5 rings (SSSR count). The second-order valence-corrected chi connectivity index (χ2v) is 7.80. The average molecular weight is 440 g/mol. The van der Waals surface area contributed by atoms with Crippen LogP contribution < -0.4 is 16.2 Å². The number of pyridine rings is 1. The van der Waals surface area contributed by atoms with Crippen molar-refractivity contribution in [3.63, 3.8) is 0 Å². The first kappa shape index (κ1) is 20.4. The molecule has 0 radical (unpaired) electrons. The number of hydrazine groups is 1. The van der Waals surface area contributed by atoms with Crippen LogP contribution in [0.4, 0.5) is 5.69 Å². The van der Waals surface area contributed by atoms with Gasteiger partial charge < -0.3 is 9.73 Å². The molecule has 0 aliphatic heterocycles. The summed E-state index contributed by atoms with van der Waals surface area (Å²) >= 11 is 0. The molecule has 0 bridgehead atoms. The van der Waals surface area contributed by atoms with E-state index in [4.69, 9.17) is 4.42 Å². The lowest BCUT2D eigenvalue weighted by atomic mass is 10.1. The summed E-state index contributed by atoms with van der Waals surface area (Å²) in [6.45, 7) is 0. The van der Waals surface area contributed by atoms with Crippen molar-refractivity contribution in [1.82, 2.24) is 15.8 Å². The number of fused-ring (bicyclic) bond motifs is 1. The predicted molar refractivity (Wildman–Crippen MR) is 122 cm³/mol. The first-order valence-corrected chi connectivity index (χ1v) is 10.5. The summed E-state index contributed by atoms with van der Waals surface area (Å²) in [6.07, 6.45) is 3.37. The van der Waals surface area contributed by atoms with Crippen molar-refractivity contribution in [2.45, 2.75) is 12.8 Å². The number of para-hydroxylation sites is 1. The van der Waals surface area contributed by atoms with Crippen LogP contribution in [0.5, 0.6) is 0 Å². The summed E-state index contributed by atoms with van der Waals surface area (Å²) < 4.78 is 5.42. The number of aromatic nitrogens is 1. The molecule has 3 N–H and O–H groups in total. The Hall–Kier alpha value is -4.46. The number of benzene rings is 2. The van der Waals surface area contributed by atoms with Crippen molar-refractivity contribution in [2.75, 3.05) is 5.32 Å². The molecular formula is C25H20N4O4. The Labute approximate surface area is 189 Å². The van der Waals surface area contributed by atoms with Crippen LogP contribution in [-0.4, -0.2) is 22.7 Å². The molecule has 0 spiro atoms. The molecule has 164 valence electrons. The number of hydrogen-bond donors (Lipinski definition) is 3. The third-order valence-corrected chi connectivity index (χ3v) is 5.39. The Morgan fingerprint density at radius 3 is 2.36 bits per heavy atom. The average Bonchev–Trinajstić information content (AvgIpc) is 3.56. The highest BCUT2D eigenvalue weighted by Gasteiger charge is 2.29. The second kappa shape index (κ2) is 8.58. The van der Waals surface area contributed by atoms with Gasteiger partial charge in [-0.15, -0.1) is 0 Å². The van der Waals surface area contributed by atoms with E-state index < -0.39 is 11.8 Å². The first-order chi connectivity index (χ1) is 16.1. The molecule has 0 saturated heterocycles. The Bertz CT molecular complexity index is 1340. The standard InChI is InChI=1S/C25H20N4O4/c30-23(15-7-8-15)26-17-11-9-16(10-12-17)24(31)28-29-25(32)19-14-21(22-6-3-13-33-22)27-20-5-2-1-4-18(19)20/h1-6,9-15H,7-8H2,(H,26,30)(H,28,31)(H,29,32). The van der Waals surface area contributed by atoms with Crippen molar-refractivity contribution in [3.05, 3.63) is 84.1 Å². The summed E-state index contributed by atoms with van der Waals surface area (Å²) in [7, 11) is 0. The summed E-state index contributed by atoms with van der Waals surface area (Å²) in [5, 5.41) is 3.47. The van der Waals surface area contributed by atoms with Crippen LogP contribution in [0.2, 0.25) is 0 Å². The number of anilines is 1. The summed E-state index contributed by atoms with van der Waals surface area (Å²) in [6, 6.07) is 18.9. The monoisotopic (exact) mass is 440 g/mol. The zero-order chi connectivity index (χ0) is 22.8. The smallest absolute Gasteiger partial charge is 0.270 e. The molecule has 1 aliphatic carbocycles.